The Morgan fingerprint density at radius 1 is 0.900 bits per heavy atom. The SMILES string of the molecule is c1ccc2c(c1)c1ccccc1n2CCc1nnco1. The Morgan fingerprint density at radius 2 is 1.55 bits per heavy atom. The van der Waals surface area contributed by atoms with E-state index >= 15 is 0 Å². The van der Waals surface area contributed by atoms with Crippen molar-refractivity contribution in [2.24, 2.45) is 0 Å². The van der Waals surface area contributed by atoms with Gasteiger partial charge in [-0.25, -0.2) is 0 Å². The Bertz CT molecular complexity index is 809. The van der Waals surface area contributed by atoms with Crippen LogP contribution in [0.25, 0.3) is 21.8 Å². The van der Waals surface area contributed by atoms with Gasteiger partial charge in [-0.2, -0.15) is 0 Å². The molecule has 20 heavy (non-hydrogen) atoms. The van der Waals surface area contributed by atoms with Crippen molar-refractivity contribution < 1.29 is 4.42 Å². The monoisotopic (exact) mass is 263 g/mol. The van der Waals surface area contributed by atoms with Crippen LogP contribution in [-0.4, -0.2) is 14.8 Å². The summed E-state index contributed by atoms with van der Waals surface area (Å²) in [6.07, 6.45) is 2.11. The summed E-state index contributed by atoms with van der Waals surface area (Å²) in [5, 5.41) is 10.2. The van der Waals surface area contributed by atoms with E-state index in [1.807, 2.05) is 0 Å². The summed E-state index contributed by atoms with van der Waals surface area (Å²) in [4.78, 5) is 0. The normalized spacial score (nSPS) is 11.4. The average molecular weight is 263 g/mol. The molecule has 0 saturated carbocycles. The van der Waals surface area contributed by atoms with Gasteiger partial charge in [0.15, 0.2) is 0 Å². The quantitative estimate of drug-likeness (QED) is 0.569. The zero-order valence-electron chi connectivity index (χ0n) is 10.9. The number of aryl methyl sites for hydroxylation is 2. The van der Waals surface area contributed by atoms with E-state index in [0.717, 1.165) is 13.0 Å². The van der Waals surface area contributed by atoms with E-state index in [1.54, 1.807) is 0 Å². The number of para-hydroxylation sites is 2. The summed E-state index contributed by atoms with van der Waals surface area (Å²) in [5.41, 5.74) is 2.49. The maximum absolute atomic E-state index is 5.22. The molecule has 0 radical (unpaired) electrons. The minimum absolute atomic E-state index is 0.673. The lowest BCUT2D eigenvalue weighted by Crippen LogP contribution is -2.01. The van der Waals surface area contributed by atoms with Crippen LogP contribution in [0.2, 0.25) is 0 Å². The minimum Gasteiger partial charge on any atom is -0.428 e. The molecular formula is C16H13N3O. The lowest BCUT2D eigenvalue weighted by Gasteiger charge is -2.05. The van der Waals surface area contributed by atoms with Crippen LogP contribution in [0.4, 0.5) is 0 Å². The van der Waals surface area contributed by atoms with E-state index in [1.165, 1.54) is 28.2 Å². The number of nitrogens with zero attached hydrogens (tertiary/aromatic N) is 3. The highest BCUT2D eigenvalue weighted by molar-refractivity contribution is 6.07. The number of fused-ring (bicyclic) bond motifs is 3. The van der Waals surface area contributed by atoms with E-state index in [0.29, 0.717) is 5.89 Å². The van der Waals surface area contributed by atoms with Crippen LogP contribution in [0.1, 0.15) is 5.89 Å². The first-order valence-electron chi connectivity index (χ1n) is 6.64. The summed E-state index contributed by atoms with van der Waals surface area (Å²) in [6, 6.07) is 17.0. The lowest BCUT2D eigenvalue weighted by molar-refractivity contribution is 0.479. The molecule has 0 N–H and O–H groups in total. The number of aromatic nitrogens is 3. The van der Waals surface area contributed by atoms with Gasteiger partial charge >= 0.3 is 0 Å². The highest BCUT2D eigenvalue weighted by atomic mass is 16.4. The van der Waals surface area contributed by atoms with Crippen molar-refractivity contribution in [1.82, 2.24) is 14.8 Å². The topological polar surface area (TPSA) is 43.9 Å². The molecule has 4 nitrogen and oxygen atoms in total. The molecule has 2 aromatic carbocycles. The molecule has 4 rings (SSSR count). The third kappa shape index (κ3) is 1.69. The number of benzene rings is 2. The molecule has 0 aliphatic carbocycles. The van der Waals surface area contributed by atoms with Crippen LogP contribution in [-0.2, 0) is 13.0 Å². The van der Waals surface area contributed by atoms with E-state index < -0.39 is 0 Å². The van der Waals surface area contributed by atoms with Crippen molar-refractivity contribution in [3.05, 3.63) is 60.8 Å². The van der Waals surface area contributed by atoms with Gasteiger partial charge in [0.2, 0.25) is 12.3 Å². The largest absolute Gasteiger partial charge is 0.428 e. The molecule has 0 atom stereocenters. The number of rotatable bonds is 3. The maximum atomic E-state index is 5.22. The molecule has 4 heteroatoms. The highest BCUT2D eigenvalue weighted by Gasteiger charge is 2.10. The number of hydrogen-bond donors (Lipinski definition) is 0. The van der Waals surface area contributed by atoms with Gasteiger partial charge in [0.25, 0.3) is 0 Å². The van der Waals surface area contributed by atoms with Crippen LogP contribution >= 0.6 is 0 Å². The first-order chi connectivity index (χ1) is 9.93. The van der Waals surface area contributed by atoms with Gasteiger partial charge in [-0.3, -0.25) is 0 Å². The summed E-state index contributed by atoms with van der Waals surface area (Å²) in [5.74, 6) is 0.673. The number of hydrogen-bond acceptors (Lipinski definition) is 3. The zero-order valence-corrected chi connectivity index (χ0v) is 10.9. The molecule has 0 amide bonds. The summed E-state index contributed by atoms with van der Waals surface area (Å²) >= 11 is 0. The fourth-order valence-corrected chi connectivity index (χ4v) is 2.76. The van der Waals surface area contributed by atoms with E-state index in [4.69, 9.17) is 4.42 Å². The van der Waals surface area contributed by atoms with Crippen LogP contribution in [0.5, 0.6) is 0 Å². The Morgan fingerprint density at radius 3 is 2.15 bits per heavy atom. The van der Waals surface area contributed by atoms with Gasteiger partial charge in [0.05, 0.1) is 0 Å². The van der Waals surface area contributed by atoms with Crippen LogP contribution < -0.4 is 0 Å². The molecular weight excluding hydrogens is 250 g/mol. The second-order valence-corrected chi connectivity index (χ2v) is 4.77. The van der Waals surface area contributed by atoms with E-state index in [9.17, 15) is 0 Å². The Balaban J connectivity index is 1.87. The molecule has 0 spiro atoms. The minimum atomic E-state index is 0.673. The van der Waals surface area contributed by atoms with E-state index in [2.05, 4.69) is 63.3 Å². The first kappa shape index (κ1) is 11.2. The summed E-state index contributed by atoms with van der Waals surface area (Å²) in [7, 11) is 0. The average Bonchev–Trinajstić information content (AvgIpc) is 3.11. The van der Waals surface area contributed by atoms with Gasteiger partial charge < -0.3 is 8.98 Å². The molecule has 0 saturated heterocycles. The third-order valence-corrected chi connectivity index (χ3v) is 3.63. The van der Waals surface area contributed by atoms with Crippen molar-refractivity contribution in [2.75, 3.05) is 0 Å². The smallest absolute Gasteiger partial charge is 0.218 e. The Kier molecular flexibility index (Phi) is 2.52. The highest BCUT2D eigenvalue weighted by Crippen LogP contribution is 2.28. The molecule has 98 valence electrons. The summed E-state index contributed by atoms with van der Waals surface area (Å²) < 4.78 is 7.53. The van der Waals surface area contributed by atoms with Gasteiger partial charge in [0, 0.05) is 34.8 Å². The predicted molar refractivity (Wildman–Crippen MR) is 77.4 cm³/mol. The van der Waals surface area contributed by atoms with Gasteiger partial charge in [-0.05, 0) is 12.1 Å². The van der Waals surface area contributed by atoms with Crippen molar-refractivity contribution in [3.8, 4) is 0 Å². The van der Waals surface area contributed by atoms with Crippen molar-refractivity contribution in [2.45, 2.75) is 13.0 Å². The second-order valence-electron chi connectivity index (χ2n) is 4.77. The van der Waals surface area contributed by atoms with Gasteiger partial charge in [-0.1, -0.05) is 36.4 Å². The third-order valence-electron chi connectivity index (χ3n) is 3.63. The first-order valence-corrected chi connectivity index (χ1v) is 6.64. The van der Waals surface area contributed by atoms with Crippen molar-refractivity contribution in [1.29, 1.82) is 0 Å². The fraction of sp³-hybridized carbons (Fsp3) is 0.125. The van der Waals surface area contributed by atoms with Crippen molar-refractivity contribution in [3.63, 3.8) is 0 Å². The van der Waals surface area contributed by atoms with Gasteiger partial charge in [0.1, 0.15) is 0 Å². The molecule has 0 fully saturated rings. The molecule has 4 aromatic rings. The van der Waals surface area contributed by atoms with E-state index in [-0.39, 0.29) is 0 Å². The molecule has 0 unspecified atom stereocenters. The lowest BCUT2D eigenvalue weighted by atomic mass is 10.2. The fourth-order valence-electron chi connectivity index (χ4n) is 2.76. The Hall–Kier alpha value is -2.62. The van der Waals surface area contributed by atoms with Crippen LogP contribution in [0.15, 0.2) is 59.3 Å². The molecule has 0 aliphatic heterocycles. The predicted octanol–water partition coefficient (Wildman–Crippen LogP) is 3.42. The standard InChI is InChI=1S/C16H13N3O/c1-3-7-14-12(5-1)13-6-2-4-8-15(13)19(14)10-9-16-18-17-11-20-16/h1-8,11H,9-10H2. The second kappa shape index (κ2) is 4.49. The molecule has 2 aromatic heterocycles. The zero-order chi connectivity index (χ0) is 13.4. The molecule has 0 bridgehead atoms. The maximum Gasteiger partial charge on any atom is 0.218 e. The summed E-state index contributed by atoms with van der Waals surface area (Å²) in [6.45, 7) is 0.830. The van der Waals surface area contributed by atoms with Crippen molar-refractivity contribution >= 4 is 21.8 Å². The molecule has 0 aliphatic rings. The Labute approximate surface area is 115 Å². The molecule has 2 heterocycles. The van der Waals surface area contributed by atoms with Crippen LogP contribution in [0.3, 0.4) is 0 Å². The van der Waals surface area contributed by atoms with Gasteiger partial charge in [-0.15, -0.1) is 10.2 Å². The van der Waals surface area contributed by atoms with Crippen LogP contribution in [0, 0.1) is 0 Å².